The molecule has 1 aromatic carbocycles. The molecular weight excluding hydrogens is 267 g/mol. The molecule has 0 radical (unpaired) electrons. The Morgan fingerprint density at radius 2 is 2.19 bits per heavy atom. The molecule has 2 rings (SSSR count). The number of anilines is 1. The van der Waals surface area contributed by atoms with Crippen LogP contribution >= 0.6 is 0 Å². The third-order valence-electron chi connectivity index (χ3n) is 4.12. The van der Waals surface area contributed by atoms with E-state index in [2.05, 4.69) is 24.1 Å². The van der Waals surface area contributed by atoms with Crippen molar-refractivity contribution in [3.8, 4) is 0 Å². The third kappa shape index (κ3) is 4.42. The maximum Gasteiger partial charge on any atom is 0.129 e. The Bertz CT molecular complexity index is 462. The van der Waals surface area contributed by atoms with E-state index in [0.29, 0.717) is 18.6 Å². The fraction of sp³-hybridized carbons (Fsp3) is 0.647. The Balaban J connectivity index is 2.12. The monoisotopic (exact) mass is 294 g/mol. The first-order chi connectivity index (χ1) is 10.0. The van der Waals surface area contributed by atoms with Crippen LogP contribution in [-0.2, 0) is 11.3 Å². The molecule has 1 aliphatic heterocycles. The standard InChI is InChI=1S/C17H27FN2O/c1-17(2)8-5-10-20(13-17)16-7-4-6-15(18)14(16)12-19-9-11-21-3/h4,6-7,19H,5,8-13H2,1-3H3. The van der Waals surface area contributed by atoms with Crippen molar-refractivity contribution in [1.29, 1.82) is 0 Å². The summed E-state index contributed by atoms with van der Waals surface area (Å²) in [4.78, 5) is 2.33. The number of hydrogen-bond donors (Lipinski definition) is 1. The van der Waals surface area contributed by atoms with Gasteiger partial charge < -0.3 is 15.0 Å². The van der Waals surface area contributed by atoms with Crippen molar-refractivity contribution in [3.63, 3.8) is 0 Å². The summed E-state index contributed by atoms with van der Waals surface area (Å²) in [6.45, 7) is 8.49. The molecule has 3 nitrogen and oxygen atoms in total. The zero-order valence-corrected chi connectivity index (χ0v) is 13.4. The number of nitrogens with one attached hydrogen (secondary N) is 1. The summed E-state index contributed by atoms with van der Waals surface area (Å²) >= 11 is 0. The second-order valence-corrected chi connectivity index (χ2v) is 6.60. The van der Waals surface area contributed by atoms with Gasteiger partial charge >= 0.3 is 0 Å². The van der Waals surface area contributed by atoms with Crippen molar-refractivity contribution in [2.24, 2.45) is 5.41 Å². The third-order valence-corrected chi connectivity index (χ3v) is 4.12. The average Bonchev–Trinajstić information content (AvgIpc) is 2.43. The van der Waals surface area contributed by atoms with Gasteiger partial charge in [0.05, 0.1) is 6.61 Å². The first kappa shape index (κ1) is 16.2. The molecule has 0 saturated carbocycles. The van der Waals surface area contributed by atoms with E-state index in [0.717, 1.165) is 30.9 Å². The van der Waals surface area contributed by atoms with Crippen LogP contribution in [0.5, 0.6) is 0 Å². The van der Waals surface area contributed by atoms with E-state index in [1.807, 2.05) is 12.1 Å². The minimum atomic E-state index is -0.124. The highest BCUT2D eigenvalue weighted by atomic mass is 19.1. The van der Waals surface area contributed by atoms with Crippen LogP contribution in [0.3, 0.4) is 0 Å². The van der Waals surface area contributed by atoms with Gasteiger partial charge in [0, 0.05) is 44.5 Å². The molecule has 0 atom stereocenters. The molecule has 0 amide bonds. The van der Waals surface area contributed by atoms with E-state index in [1.54, 1.807) is 13.2 Å². The second kappa shape index (κ2) is 7.23. The SMILES string of the molecule is COCCNCc1c(F)cccc1N1CCCC(C)(C)C1. The van der Waals surface area contributed by atoms with Crippen LogP contribution in [0.1, 0.15) is 32.3 Å². The van der Waals surface area contributed by atoms with Gasteiger partial charge in [-0.25, -0.2) is 4.39 Å². The first-order valence-corrected chi connectivity index (χ1v) is 7.75. The van der Waals surface area contributed by atoms with Gasteiger partial charge in [0.15, 0.2) is 0 Å². The van der Waals surface area contributed by atoms with Gasteiger partial charge in [-0.3, -0.25) is 0 Å². The van der Waals surface area contributed by atoms with Gasteiger partial charge in [-0.1, -0.05) is 19.9 Å². The Morgan fingerprint density at radius 1 is 1.38 bits per heavy atom. The lowest BCUT2D eigenvalue weighted by Crippen LogP contribution is -2.40. The maximum atomic E-state index is 14.2. The highest BCUT2D eigenvalue weighted by Gasteiger charge is 2.27. The van der Waals surface area contributed by atoms with Crippen LogP contribution in [0.2, 0.25) is 0 Å². The molecule has 1 saturated heterocycles. The van der Waals surface area contributed by atoms with Crippen molar-refractivity contribution in [2.45, 2.75) is 33.2 Å². The van der Waals surface area contributed by atoms with Crippen LogP contribution in [0, 0.1) is 11.2 Å². The van der Waals surface area contributed by atoms with Crippen LogP contribution in [0.4, 0.5) is 10.1 Å². The number of methoxy groups -OCH3 is 1. The molecule has 1 heterocycles. The molecule has 0 aliphatic carbocycles. The van der Waals surface area contributed by atoms with Crippen molar-refractivity contribution in [1.82, 2.24) is 5.32 Å². The van der Waals surface area contributed by atoms with Gasteiger partial charge in [0.1, 0.15) is 5.82 Å². The van der Waals surface area contributed by atoms with E-state index < -0.39 is 0 Å². The molecule has 0 bridgehead atoms. The molecule has 1 aromatic rings. The van der Waals surface area contributed by atoms with Crippen molar-refractivity contribution in [3.05, 3.63) is 29.6 Å². The number of piperidine rings is 1. The van der Waals surface area contributed by atoms with Gasteiger partial charge in [0.2, 0.25) is 0 Å². The van der Waals surface area contributed by atoms with Crippen molar-refractivity contribution < 1.29 is 9.13 Å². The number of halogens is 1. The van der Waals surface area contributed by atoms with E-state index in [9.17, 15) is 4.39 Å². The zero-order chi connectivity index (χ0) is 15.3. The molecule has 0 spiro atoms. The summed E-state index contributed by atoms with van der Waals surface area (Å²) in [5, 5.41) is 3.25. The van der Waals surface area contributed by atoms with E-state index in [1.165, 1.54) is 12.8 Å². The summed E-state index contributed by atoms with van der Waals surface area (Å²) < 4.78 is 19.2. The number of nitrogens with zero attached hydrogens (tertiary/aromatic N) is 1. The predicted octanol–water partition coefficient (Wildman–Crippen LogP) is 3.19. The molecule has 1 N–H and O–H groups in total. The number of hydrogen-bond acceptors (Lipinski definition) is 3. The Kier molecular flexibility index (Phi) is 5.59. The number of ether oxygens (including phenoxy) is 1. The molecule has 1 aliphatic rings. The summed E-state index contributed by atoms with van der Waals surface area (Å²) in [5.41, 5.74) is 2.10. The minimum absolute atomic E-state index is 0.124. The van der Waals surface area contributed by atoms with Gasteiger partial charge in [-0.2, -0.15) is 0 Å². The summed E-state index contributed by atoms with van der Waals surface area (Å²) in [7, 11) is 1.67. The second-order valence-electron chi connectivity index (χ2n) is 6.60. The molecule has 0 aromatic heterocycles. The first-order valence-electron chi connectivity index (χ1n) is 7.75. The zero-order valence-electron chi connectivity index (χ0n) is 13.4. The lowest BCUT2D eigenvalue weighted by atomic mass is 9.84. The van der Waals surface area contributed by atoms with Crippen molar-refractivity contribution in [2.75, 3.05) is 38.3 Å². The molecular formula is C17H27FN2O. The van der Waals surface area contributed by atoms with Crippen LogP contribution in [-0.4, -0.2) is 33.4 Å². The Morgan fingerprint density at radius 3 is 2.90 bits per heavy atom. The highest BCUT2D eigenvalue weighted by molar-refractivity contribution is 5.54. The highest BCUT2D eigenvalue weighted by Crippen LogP contribution is 2.33. The fourth-order valence-corrected chi connectivity index (χ4v) is 3.04. The normalized spacial score (nSPS) is 18.0. The number of rotatable bonds is 6. The molecule has 0 unspecified atom stereocenters. The van der Waals surface area contributed by atoms with Crippen LogP contribution < -0.4 is 10.2 Å². The Hall–Kier alpha value is -1.13. The number of benzene rings is 1. The smallest absolute Gasteiger partial charge is 0.129 e. The molecule has 4 heteroatoms. The van der Waals surface area contributed by atoms with Gasteiger partial charge in [0.25, 0.3) is 0 Å². The summed E-state index contributed by atoms with van der Waals surface area (Å²) in [5.74, 6) is -0.124. The van der Waals surface area contributed by atoms with Gasteiger partial charge in [-0.05, 0) is 30.4 Å². The largest absolute Gasteiger partial charge is 0.383 e. The Labute approximate surface area is 127 Å². The average molecular weight is 294 g/mol. The fourth-order valence-electron chi connectivity index (χ4n) is 3.04. The quantitative estimate of drug-likeness (QED) is 0.816. The van der Waals surface area contributed by atoms with E-state index >= 15 is 0 Å². The molecule has 1 fully saturated rings. The predicted molar refractivity (Wildman–Crippen MR) is 85.2 cm³/mol. The van der Waals surface area contributed by atoms with E-state index in [-0.39, 0.29) is 5.82 Å². The van der Waals surface area contributed by atoms with E-state index in [4.69, 9.17) is 4.74 Å². The molecule has 118 valence electrons. The van der Waals surface area contributed by atoms with Crippen LogP contribution in [0.25, 0.3) is 0 Å². The lowest BCUT2D eigenvalue weighted by molar-refractivity contribution is 0.199. The molecule has 21 heavy (non-hydrogen) atoms. The lowest BCUT2D eigenvalue weighted by Gasteiger charge is -2.40. The topological polar surface area (TPSA) is 24.5 Å². The summed E-state index contributed by atoms with van der Waals surface area (Å²) in [6, 6.07) is 5.40. The van der Waals surface area contributed by atoms with Gasteiger partial charge in [-0.15, -0.1) is 0 Å². The minimum Gasteiger partial charge on any atom is -0.383 e. The summed E-state index contributed by atoms with van der Waals surface area (Å²) in [6.07, 6.45) is 2.40. The van der Waals surface area contributed by atoms with Crippen molar-refractivity contribution >= 4 is 5.69 Å². The van der Waals surface area contributed by atoms with Crippen LogP contribution in [0.15, 0.2) is 18.2 Å². The maximum absolute atomic E-state index is 14.2.